The average molecular weight is 267 g/mol. The van der Waals surface area contributed by atoms with Crippen LogP contribution in [0.15, 0.2) is 36.5 Å². The van der Waals surface area contributed by atoms with Crippen LogP contribution in [0.3, 0.4) is 0 Å². The number of benzene rings is 1. The predicted octanol–water partition coefficient (Wildman–Crippen LogP) is 3.12. The van der Waals surface area contributed by atoms with E-state index in [1.807, 2.05) is 17.7 Å². The van der Waals surface area contributed by atoms with Crippen LogP contribution < -0.4 is 10.1 Å². The molecule has 0 aliphatic heterocycles. The lowest BCUT2D eigenvalue weighted by molar-refractivity contribution is -0.0493. The van der Waals surface area contributed by atoms with Crippen molar-refractivity contribution < 1.29 is 13.5 Å². The summed E-state index contributed by atoms with van der Waals surface area (Å²) in [6.45, 7) is 0.421. The second-order valence-electron chi connectivity index (χ2n) is 3.87. The second-order valence-corrected chi connectivity index (χ2v) is 3.87. The van der Waals surface area contributed by atoms with Gasteiger partial charge < -0.3 is 10.1 Å². The minimum Gasteiger partial charge on any atom is -0.433 e. The van der Waals surface area contributed by atoms with E-state index in [4.69, 9.17) is 0 Å². The molecule has 0 atom stereocenters. The summed E-state index contributed by atoms with van der Waals surface area (Å²) in [5.41, 5.74) is 1.51. The van der Waals surface area contributed by atoms with Crippen molar-refractivity contribution >= 4 is 5.69 Å². The molecule has 0 fully saturated rings. The average Bonchev–Trinajstić information content (AvgIpc) is 2.84. The Balaban J connectivity index is 2.07. The van der Waals surface area contributed by atoms with Crippen LogP contribution in [0.2, 0.25) is 0 Å². The third-order valence-corrected chi connectivity index (χ3v) is 2.67. The van der Waals surface area contributed by atoms with Crippen molar-refractivity contribution in [2.75, 3.05) is 5.32 Å². The molecule has 0 aliphatic rings. The van der Waals surface area contributed by atoms with Gasteiger partial charge >= 0.3 is 6.61 Å². The molecule has 4 nitrogen and oxygen atoms in total. The molecule has 102 valence electrons. The van der Waals surface area contributed by atoms with Gasteiger partial charge in [-0.2, -0.15) is 13.9 Å². The summed E-state index contributed by atoms with van der Waals surface area (Å²) in [4.78, 5) is 0. The number of anilines is 1. The van der Waals surface area contributed by atoms with E-state index < -0.39 is 6.61 Å². The summed E-state index contributed by atoms with van der Waals surface area (Å²) in [5, 5.41) is 7.22. The van der Waals surface area contributed by atoms with Gasteiger partial charge in [-0.1, -0.05) is 12.1 Å². The molecule has 0 saturated carbocycles. The highest BCUT2D eigenvalue weighted by atomic mass is 19.3. The van der Waals surface area contributed by atoms with E-state index in [0.717, 1.165) is 12.2 Å². The molecule has 0 radical (unpaired) electrons. The van der Waals surface area contributed by atoms with Crippen LogP contribution in [0.25, 0.3) is 0 Å². The molecule has 0 spiro atoms. The highest BCUT2D eigenvalue weighted by Gasteiger charge is 2.09. The molecule has 2 rings (SSSR count). The highest BCUT2D eigenvalue weighted by molar-refractivity contribution is 5.56. The molecule has 0 saturated heterocycles. The number of nitrogens with one attached hydrogen (secondary N) is 1. The predicted molar refractivity (Wildman–Crippen MR) is 68.3 cm³/mol. The fourth-order valence-electron chi connectivity index (χ4n) is 1.79. The standard InChI is InChI=1S/C13H15F2N3O/c1-2-18-10(7-8-17-18)9-16-11-5-3-4-6-12(11)19-13(14)15/h3-8,13,16H,2,9H2,1H3. The third-order valence-electron chi connectivity index (χ3n) is 2.67. The molecule has 0 unspecified atom stereocenters. The number of rotatable bonds is 6. The van der Waals surface area contributed by atoms with E-state index in [2.05, 4.69) is 15.2 Å². The van der Waals surface area contributed by atoms with Crippen LogP contribution in [0.4, 0.5) is 14.5 Å². The third kappa shape index (κ3) is 3.43. The number of aromatic nitrogens is 2. The van der Waals surface area contributed by atoms with E-state index in [0.29, 0.717) is 12.2 Å². The Bertz CT molecular complexity index is 528. The van der Waals surface area contributed by atoms with Gasteiger partial charge in [0.1, 0.15) is 5.75 Å². The second kappa shape index (κ2) is 6.17. The Morgan fingerprint density at radius 1 is 1.32 bits per heavy atom. The van der Waals surface area contributed by atoms with Crippen molar-refractivity contribution in [2.24, 2.45) is 0 Å². The van der Waals surface area contributed by atoms with Crippen molar-refractivity contribution in [3.63, 3.8) is 0 Å². The maximum atomic E-state index is 12.3. The van der Waals surface area contributed by atoms with Gasteiger partial charge in [-0.3, -0.25) is 4.68 Å². The molecule has 1 aromatic carbocycles. The summed E-state index contributed by atoms with van der Waals surface area (Å²) in [7, 11) is 0. The first kappa shape index (κ1) is 13.3. The van der Waals surface area contributed by atoms with E-state index in [-0.39, 0.29) is 5.75 Å². The monoisotopic (exact) mass is 267 g/mol. The number of nitrogens with zero attached hydrogens (tertiary/aromatic N) is 2. The summed E-state index contributed by atoms with van der Waals surface area (Å²) < 4.78 is 30.8. The van der Waals surface area contributed by atoms with Crippen molar-refractivity contribution in [2.45, 2.75) is 26.6 Å². The molecule has 0 bridgehead atoms. The first-order valence-corrected chi connectivity index (χ1v) is 5.99. The Morgan fingerprint density at radius 2 is 2.11 bits per heavy atom. The smallest absolute Gasteiger partial charge is 0.387 e. The summed E-state index contributed by atoms with van der Waals surface area (Å²) in [6, 6.07) is 8.50. The maximum Gasteiger partial charge on any atom is 0.387 e. The van der Waals surface area contributed by atoms with Crippen molar-refractivity contribution in [3.8, 4) is 5.75 Å². The topological polar surface area (TPSA) is 39.1 Å². The number of alkyl halides is 2. The van der Waals surface area contributed by atoms with Crippen LogP contribution in [-0.4, -0.2) is 16.4 Å². The molecular formula is C13H15F2N3O. The van der Waals surface area contributed by atoms with Crippen LogP contribution >= 0.6 is 0 Å². The van der Waals surface area contributed by atoms with Crippen LogP contribution in [0, 0.1) is 0 Å². The van der Waals surface area contributed by atoms with Crippen LogP contribution in [0.1, 0.15) is 12.6 Å². The van der Waals surface area contributed by atoms with E-state index in [9.17, 15) is 8.78 Å². The summed E-state index contributed by atoms with van der Waals surface area (Å²) in [6.07, 6.45) is 1.71. The number of ether oxygens (including phenoxy) is 1. The molecule has 2 aromatic rings. The number of hydrogen-bond donors (Lipinski definition) is 1. The lowest BCUT2D eigenvalue weighted by atomic mass is 10.3. The molecular weight excluding hydrogens is 252 g/mol. The van der Waals surface area contributed by atoms with Crippen LogP contribution in [0.5, 0.6) is 5.75 Å². The van der Waals surface area contributed by atoms with Crippen molar-refractivity contribution in [1.29, 1.82) is 0 Å². The minimum absolute atomic E-state index is 0.139. The lowest BCUT2D eigenvalue weighted by Crippen LogP contribution is -2.09. The molecule has 0 amide bonds. The lowest BCUT2D eigenvalue weighted by Gasteiger charge is -2.13. The fourth-order valence-corrected chi connectivity index (χ4v) is 1.79. The Labute approximate surface area is 110 Å². The number of para-hydroxylation sites is 2. The van der Waals surface area contributed by atoms with Gasteiger partial charge in [0.2, 0.25) is 0 Å². The number of aryl methyl sites for hydroxylation is 1. The molecule has 1 heterocycles. The first-order chi connectivity index (χ1) is 9.20. The van der Waals surface area contributed by atoms with Gasteiger partial charge in [-0.25, -0.2) is 0 Å². The van der Waals surface area contributed by atoms with Crippen molar-refractivity contribution in [1.82, 2.24) is 9.78 Å². The van der Waals surface area contributed by atoms with E-state index >= 15 is 0 Å². The minimum atomic E-state index is -2.83. The van der Waals surface area contributed by atoms with Gasteiger partial charge in [-0.15, -0.1) is 0 Å². The van der Waals surface area contributed by atoms with Gasteiger partial charge in [0.05, 0.1) is 17.9 Å². The Morgan fingerprint density at radius 3 is 2.84 bits per heavy atom. The molecule has 6 heteroatoms. The Kier molecular flexibility index (Phi) is 4.33. The normalized spacial score (nSPS) is 10.7. The van der Waals surface area contributed by atoms with E-state index in [1.54, 1.807) is 24.4 Å². The summed E-state index contributed by atoms with van der Waals surface area (Å²) >= 11 is 0. The first-order valence-electron chi connectivity index (χ1n) is 5.99. The van der Waals surface area contributed by atoms with Gasteiger partial charge in [0.15, 0.2) is 0 Å². The quantitative estimate of drug-likeness (QED) is 0.874. The molecule has 0 aliphatic carbocycles. The molecule has 1 aromatic heterocycles. The highest BCUT2D eigenvalue weighted by Crippen LogP contribution is 2.25. The van der Waals surface area contributed by atoms with E-state index in [1.165, 1.54) is 6.07 Å². The summed E-state index contributed by atoms with van der Waals surface area (Å²) in [5.74, 6) is 0.139. The molecule has 19 heavy (non-hydrogen) atoms. The zero-order valence-electron chi connectivity index (χ0n) is 10.5. The molecule has 1 N–H and O–H groups in total. The van der Waals surface area contributed by atoms with Gasteiger partial charge in [0, 0.05) is 12.7 Å². The van der Waals surface area contributed by atoms with Crippen molar-refractivity contribution in [3.05, 3.63) is 42.2 Å². The Hall–Kier alpha value is -2.11. The largest absolute Gasteiger partial charge is 0.433 e. The van der Waals surface area contributed by atoms with Crippen LogP contribution in [-0.2, 0) is 13.1 Å². The zero-order chi connectivity index (χ0) is 13.7. The van der Waals surface area contributed by atoms with Gasteiger partial charge in [0.25, 0.3) is 0 Å². The van der Waals surface area contributed by atoms with Gasteiger partial charge in [-0.05, 0) is 25.1 Å². The fraction of sp³-hybridized carbons (Fsp3) is 0.308. The zero-order valence-corrected chi connectivity index (χ0v) is 10.5. The number of hydrogen-bond acceptors (Lipinski definition) is 3. The number of halogens is 2. The SMILES string of the molecule is CCn1nccc1CNc1ccccc1OC(F)F. The maximum absolute atomic E-state index is 12.3.